The van der Waals surface area contributed by atoms with E-state index in [1.807, 2.05) is 60.7 Å². The van der Waals surface area contributed by atoms with Crippen molar-refractivity contribution in [1.29, 1.82) is 0 Å². The zero-order valence-corrected chi connectivity index (χ0v) is 15.0. The van der Waals surface area contributed by atoms with Crippen LogP contribution in [0.4, 0.5) is 5.69 Å². The predicted molar refractivity (Wildman–Crippen MR) is 105 cm³/mol. The molecule has 2 N–H and O–H groups in total. The number of halogens is 1. The van der Waals surface area contributed by atoms with Crippen LogP contribution in [0.1, 0.15) is 11.8 Å². The first-order valence-corrected chi connectivity index (χ1v) is 8.76. The van der Waals surface area contributed by atoms with Crippen molar-refractivity contribution in [3.8, 4) is 22.8 Å². The Hall–Kier alpha value is -3.15. The van der Waals surface area contributed by atoms with Crippen LogP contribution in [0.2, 0.25) is 5.02 Å². The Morgan fingerprint density at radius 1 is 0.889 bits per heavy atom. The van der Waals surface area contributed by atoms with Gasteiger partial charge in [-0.25, -0.2) is 0 Å². The first kappa shape index (κ1) is 17.3. The lowest BCUT2D eigenvalue weighted by Crippen LogP contribution is -2.09. The van der Waals surface area contributed by atoms with Gasteiger partial charge in [0.15, 0.2) is 6.23 Å². The van der Waals surface area contributed by atoms with Crippen molar-refractivity contribution in [3.63, 3.8) is 0 Å². The molecule has 0 fully saturated rings. The number of benzene rings is 3. The molecule has 4 rings (SSSR count). The van der Waals surface area contributed by atoms with E-state index in [2.05, 4.69) is 15.5 Å². The van der Waals surface area contributed by atoms with Crippen LogP contribution in [0.15, 0.2) is 83.4 Å². The van der Waals surface area contributed by atoms with Crippen molar-refractivity contribution in [2.75, 3.05) is 5.32 Å². The fourth-order valence-electron chi connectivity index (χ4n) is 2.67. The molecular formula is C21H16ClN3O2. The number of nitrogens with zero attached hydrogens (tertiary/aromatic N) is 2. The molecule has 0 spiro atoms. The molecule has 1 atom stereocenters. The van der Waals surface area contributed by atoms with Gasteiger partial charge in [0.25, 0.3) is 5.89 Å². The monoisotopic (exact) mass is 377 g/mol. The summed E-state index contributed by atoms with van der Waals surface area (Å²) < 4.78 is 5.36. The van der Waals surface area contributed by atoms with Crippen molar-refractivity contribution < 1.29 is 9.63 Å². The van der Waals surface area contributed by atoms with Gasteiger partial charge in [-0.3, -0.25) is 0 Å². The van der Waals surface area contributed by atoms with Gasteiger partial charge in [0.2, 0.25) is 5.82 Å². The van der Waals surface area contributed by atoms with Crippen LogP contribution < -0.4 is 5.32 Å². The molecule has 5 nitrogen and oxygen atoms in total. The van der Waals surface area contributed by atoms with Crippen LogP contribution in [-0.4, -0.2) is 15.2 Å². The van der Waals surface area contributed by atoms with Crippen molar-refractivity contribution in [2.24, 2.45) is 0 Å². The van der Waals surface area contributed by atoms with E-state index in [1.54, 1.807) is 18.2 Å². The molecule has 134 valence electrons. The Kier molecular flexibility index (Phi) is 4.87. The molecule has 0 bridgehead atoms. The van der Waals surface area contributed by atoms with Gasteiger partial charge in [-0.15, -0.1) is 0 Å². The topological polar surface area (TPSA) is 71.2 Å². The van der Waals surface area contributed by atoms with E-state index in [0.29, 0.717) is 22.3 Å². The van der Waals surface area contributed by atoms with Crippen LogP contribution in [0.5, 0.6) is 0 Å². The molecule has 0 aliphatic heterocycles. The molecule has 1 aromatic heterocycles. The first-order chi connectivity index (χ1) is 13.2. The van der Waals surface area contributed by atoms with Gasteiger partial charge in [0.1, 0.15) is 0 Å². The highest BCUT2D eigenvalue weighted by atomic mass is 35.5. The third-order valence-corrected chi connectivity index (χ3v) is 4.29. The van der Waals surface area contributed by atoms with Crippen LogP contribution in [-0.2, 0) is 0 Å². The Morgan fingerprint density at radius 2 is 1.67 bits per heavy atom. The summed E-state index contributed by atoms with van der Waals surface area (Å²) in [5.74, 6) is 0.986. The molecule has 27 heavy (non-hydrogen) atoms. The van der Waals surface area contributed by atoms with E-state index in [4.69, 9.17) is 16.1 Å². The quantitative estimate of drug-likeness (QED) is 0.470. The lowest BCUT2D eigenvalue weighted by Gasteiger charge is -2.14. The van der Waals surface area contributed by atoms with Gasteiger partial charge in [0, 0.05) is 27.4 Å². The first-order valence-electron chi connectivity index (χ1n) is 8.39. The van der Waals surface area contributed by atoms with Crippen molar-refractivity contribution in [3.05, 3.63) is 89.4 Å². The summed E-state index contributed by atoms with van der Waals surface area (Å²) in [6.07, 6.45) is -0.859. The summed E-state index contributed by atoms with van der Waals surface area (Å²) >= 11 is 5.96. The summed E-state index contributed by atoms with van der Waals surface area (Å²) in [7, 11) is 0. The number of hydrogen-bond acceptors (Lipinski definition) is 5. The average Bonchev–Trinajstić information content (AvgIpc) is 3.19. The predicted octanol–water partition coefficient (Wildman–Crippen LogP) is 5.16. The summed E-state index contributed by atoms with van der Waals surface area (Å²) in [6.45, 7) is 0. The van der Waals surface area contributed by atoms with E-state index in [9.17, 15) is 5.11 Å². The number of aliphatic hydroxyl groups excluding tert-OH is 1. The summed E-state index contributed by atoms with van der Waals surface area (Å²) in [6, 6.07) is 24.1. The fraction of sp³-hybridized carbons (Fsp3) is 0.0476. The average molecular weight is 378 g/mol. The van der Waals surface area contributed by atoms with Crippen LogP contribution in [0, 0.1) is 0 Å². The van der Waals surface area contributed by atoms with Crippen molar-refractivity contribution >= 4 is 17.3 Å². The molecule has 1 unspecified atom stereocenters. The zero-order valence-electron chi connectivity index (χ0n) is 14.2. The highest BCUT2D eigenvalue weighted by molar-refractivity contribution is 6.30. The van der Waals surface area contributed by atoms with Crippen molar-refractivity contribution in [2.45, 2.75) is 6.23 Å². The minimum atomic E-state index is -0.859. The van der Waals surface area contributed by atoms with Gasteiger partial charge in [-0.1, -0.05) is 59.2 Å². The SMILES string of the molecule is OC(Nc1ccc(-c2nc(-c3ccccc3)no2)cc1)c1cccc(Cl)c1. The summed E-state index contributed by atoms with van der Waals surface area (Å²) in [5, 5.41) is 17.9. The smallest absolute Gasteiger partial charge is 0.258 e. The molecular weight excluding hydrogens is 362 g/mol. The molecule has 0 saturated carbocycles. The molecule has 0 aliphatic carbocycles. The molecule has 0 saturated heterocycles. The Bertz CT molecular complexity index is 1030. The lowest BCUT2D eigenvalue weighted by atomic mass is 10.1. The highest BCUT2D eigenvalue weighted by Crippen LogP contribution is 2.25. The maximum Gasteiger partial charge on any atom is 0.258 e. The number of anilines is 1. The summed E-state index contributed by atoms with van der Waals surface area (Å²) in [4.78, 5) is 4.44. The highest BCUT2D eigenvalue weighted by Gasteiger charge is 2.11. The number of rotatable bonds is 5. The van der Waals surface area contributed by atoms with Gasteiger partial charge in [-0.05, 0) is 36.4 Å². The number of aliphatic hydroxyl groups is 1. The minimum Gasteiger partial charge on any atom is -0.369 e. The van der Waals surface area contributed by atoms with E-state index in [-0.39, 0.29) is 0 Å². The number of nitrogens with one attached hydrogen (secondary N) is 1. The summed E-state index contributed by atoms with van der Waals surface area (Å²) in [5.41, 5.74) is 3.15. The largest absolute Gasteiger partial charge is 0.369 e. The van der Waals surface area contributed by atoms with Crippen LogP contribution >= 0.6 is 11.6 Å². The van der Waals surface area contributed by atoms with E-state index >= 15 is 0 Å². The van der Waals surface area contributed by atoms with Gasteiger partial charge in [-0.2, -0.15) is 4.98 Å². The number of hydrogen-bond donors (Lipinski definition) is 2. The lowest BCUT2D eigenvalue weighted by molar-refractivity contribution is 0.208. The number of aromatic nitrogens is 2. The van der Waals surface area contributed by atoms with Crippen molar-refractivity contribution in [1.82, 2.24) is 10.1 Å². The molecule has 0 radical (unpaired) electrons. The second kappa shape index (κ2) is 7.61. The van der Waals surface area contributed by atoms with Gasteiger partial charge in [0.05, 0.1) is 0 Å². The minimum absolute atomic E-state index is 0.441. The van der Waals surface area contributed by atoms with Crippen LogP contribution in [0.25, 0.3) is 22.8 Å². The molecule has 0 aliphatic rings. The van der Waals surface area contributed by atoms with E-state index in [1.165, 1.54) is 0 Å². The molecule has 3 aromatic carbocycles. The van der Waals surface area contributed by atoms with Gasteiger partial charge >= 0.3 is 0 Å². The maximum absolute atomic E-state index is 10.3. The molecule has 4 aromatic rings. The molecule has 0 amide bonds. The molecule has 6 heteroatoms. The maximum atomic E-state index is 10.3. The third-order valence-electron chi connectivity index (χ3n) is 4.06. The normalized spacial score (nSPS) is 11.9. The van der Waals surface area contributed by atoms with Crippen LogP contribution in [0.3, 0.4) is 0 Å². The third kappa shape index (κ3) is 4.00. The van der Waals surface area contributed by atoms with E-state index in [0.717, 1.165) is 16.8 Å². The van der Waals surface area contributed by atoms with E-state index < -0.39 is 6.23 Å². The zero-order chi connectivity index (χ0) is 18.6. The Morgan fingerprint density at radius 3 is 2.41 bits per heavy atom. The Labute approximate surface area is 161 Å². The second-order valence-electron chi connectivity index (χ2n) is 5.97. The van der Waals surface area contributed by atoms with Gasteiger partial charge < -0.3 is 14.9 Å². The Balaban J connectivity index is 1.49. The molecule has 1 heterocycles. The standard InChI is InChI=1S/C21H16ClN3O2/c22-17-8-4-7-16(13-17)20(26)23-18-11-9-15(10-12-18)21-24-19(25-27-21)14-5-2-1-3-6-14/h1-13,20,23,26H. The fourth-order valence-corrected chi connectivity index (χ4v) is 2.87. The second-order valence-corrected chi connectivity index (χ2v) is 6.40.